The molecule has 3 nitrogen and oxygen atoms in total. The summed E-state index contributed by atoms with van der Waals surface area (Å²) >= 11 is 1.28. The predicted molar refractivity (Wildman–Crippen MR) is 77.0 cm³/mol. The SMILES string of the molecule is CCCCCCCCCCCCSC(=O)NN. The molecule has 0 aliphatic heterocycles. The molecule has 0 atom stereocenters. The summed E-state index contributed by atoms with van der Waals surface area (Å²) in [6.07, 6.45) is 13.3. The smallest absolute Gasteiger partial charge is 0.285 e. The lowest BCUT2D eigenvalue weighted by atomic mass is 10.1. The number of nitrogens with two attached hydrogens (primary N) is 1. The minimum absolute atomic E-state index is 0.124. The van der Waals surface area contributed by atoms with Crippen molar-refractivity contribution in [1.29, 1.82) is 0 Å². The van der Waals surface area contributed by atoms with Gasteiger partial charge in [0.2, 0.25) is 0 Å². The van der Waals surface area contributed by atoms with Crippen molar-refractivity contribution in [2.75, 3.05) is 5.75 Å². The van der Waals surface area contributed by atoms with Crippen LogP contribution >= 0.6 is 11.8 Å². The van der Waals surface area contributed by atoms with Gasteiger partial charge < -0.3 is 0 Å². The van der Waals surface area contributed by atoms with Crippen LogP contribution in [-0.4, -0.2) is 11.0 Å². The predicted octanol–water partition coefficient (Wildman–Crippen LogP) is 4.22. The van der Waals surface area contributed by atoms with E-state index in [9.17, 15) is 4.79 Å². The topological polar surface area (TPSA) is 55.1 Å². The molecule has 102 valence electrons. The summed E-state index contributed by atoms with van der Waals surface area (Å²) in [4.78, 5) is 10.8. The first kappa shape index (κ1) is 16.8. The van der Waals surface area contributed by atoms with Gasteiger partial charge in [0, 0.05) is 5.75 Å². The molecule has 0 fully saturated rings. The van der Waals surface area contributed by atoms with E-state index < -0.39 is 0 Å². The highest BCUT2D eigenvalue weighted by atomic mass is 32.2. The van der Waals surface area contributed by atoms with Crippen LogP contribution in [0.4, 0.5) is 4.79 Å². The van der Waals surface area contributed by atoms with E-state index in [-0.39, 0.29) is 5.24 Å². The van der Waals surface area contributed by atoms with Crippen molar-refractivity contribution in [3.63, 3.8) is 0 Å². The number of carbonyl (C=O) groups is 1. The number of thioether (sulfide) groups is 1. The number of nitrogens with one attached hydrogen (secondary N) is 1. The Morgan fingerprint density at radius 3 is 1.88 bits per heavy atom. The van der Waals surface area contributed by atoms with Gasteiger partial charge in [-0.2, -0.15) is 0 Å². The number of unbranched alkanes of at least 4 members (excludes halogenated alkanes) is 9. The van der Waals surface area contributed by atoms with Gasteiger partial charge in [0.05, 0.1) is 0 Å². The van der Waals surface area contributed by atoms with E-state index in [1.165, 1.54) is 69.5 Å². The highest BCUT2D eigenvalue weighted by Gasteiger charge is 1.98. The maximum Gasteiger partial charge on any atom is 0.292 e. The fourth-order valence-corrected chi connectivity index (χ4v) is 2.41. The summed E-state index contributed by atoms with van der Waals surface area (Å²) in [6.45, 7) is 2.25. The van der Waals surface area contributed by atoms with Gasteiger partial charge in [0.15, 0.2) is 0 Å². The van der Waals surface area contributed by atoms with Crippen LogP contribution < -0.4 is 11.3 Å². The summed E-state index contributed by atoms with van der Waals surface area (Å²) in [5.41, 5.74) is 2.12. The van der Waals surface area contributed by atoms with Crippen LogP contribution in [-0.2, 0) is 0 Å². The Balaban J connectivity index is 2.96. The van der Waals surface area contributed by atoms with Crippen LogP contribution in [0.15, 0.2) is 0 Å². The highest BCUT2D eigenvalue weighted by Crippen LogP contribution is 2.12. The van der Waals surface area contributed by atoms with Crippen LogP contribution in [0.5, 0.6) is 0 Å². The summed E-state index contributed by atoms with van der Waals surface area (Å²) in [6, 6.07) is 0. The first-order chi connectivity index (χ1) is 8.31. The quantitative estimate of drug-likeness (QED) is 0.253. The number of amides is 1. The fourth-order valence-electron chi connectivity index (χ4n) is 1.80. The molecular formula is C13H28N2OS. The molecule has 0 aliphatic rings. The van der Waals surface area contributed by atoms with Crippen molar-refractivity contribution >= 4 is 17.0 Å². The second-order valence-electron chi connectivity index (χ2n) is 4.46. The summed E-state index contributed by atoms with van der Waals surface area (Å²) in [7, 11) is 0. The zero-order valence-corrected chi connectivity index (χ0v) is 12.0. The van der Waals surface area contributed by atoms with Crippen molar-refractivity contribution in [2.24, 2.45) is 5.84 Å². The molecule has 0 aromatic heterocycles. The minimum atomic E-state index is -0.124. The standard InChI is InChI=1S/C13H28N2OS/c1-2-3-4-5-6-7-8-9-10-11-12-17-13(16)15-14/h2-12,14H2,1H3,(H,15,16). The van der Waals surface area contributed by atoms with Crippen LogP contribution in [0.2, 0.25) is 0 Å². The zero-order valence-electron chi connectivity index (χ0n) is 11.2. The van der Waals surface area contributed by atoms with Crippen molar-refractivity contribution < 1.29 is 4.79 Å². The molecule has 0 heterocycles. The number of hydrogen-bond acceptors (Lipinski definition) is 3. The molecule has 0 rings (SSSR count). The molecule has 1 amide bonds. The molecule has 0 spiro atoms. The van der Waals surface area contributed by atoms with E-state index in [1.807, 2.05) is 0 Å². The van der Waals surface area contributed by atoms with Crippen molar-refractivity contribution in [3.05, 3.63) is 0 Å². The lowest BCUT2D eigenvalue weighted by Gasteiger charge is -2.02. The van der Waals surface area contributed by atoms with E-state index in [1.54, 1.807) is 0 Å². The molecule has 0 aliphatic carbocycles. The van der Waals surface area contributed by atoms with Crippen LogP contribution in [0.3, 0.4) is 0 Å². The largest absolute Gasteiger partial charge is 0.292 e. The summed E-state index contributed by atoms with van der Waals surface area (Å²) in [5.74, 6) is 5.87. The molecule has 0 bridgehead atoms. The average molecular weight is 260 g/mol. The third-order valence-corrected chi connectivity index (χ3v) is 3.72. The Hall–Kier alpha value is -0.220. The third-order valence-electron chi connectivity index (χ3n) is 2.85. The molecular weight excluding hydrogens is 232 g/mol. The van der Waals surface area contributed by atoms with Crippen molar-refractivity contribution in [1.82, 2.24) is 5.43 Å². The first-order valence-corrected chi connectivity index (χ1v) is 7.93. The average Bonchev–Trinajstić information content (AvgIpc) is 2.35. The van der Waals surface area contributed by atoms with E-state index in [4.69, 9.17) is 5.84 Å². The Labute approximate surface area is 110 Å². The number of rotatable bonds is 11. The molecule has 0 radical (unpaired) electrons. The maximum absolute atomic E-state index is 10.8. The van der Waals surface area contributed by atoms with E-state index in [2.05, 4.69) is 12.3 Å². The van der Waals surface area contributed by atoms with Crippen molar-refractivity contribution in [3.8, 4) is 0 Å². The molecule has 3 N–H and O–H groups in total. The van der Waals surface area contributed by atoms with E-state index >= 15 is 0 Å². The lowest BCUT2D eigenvalue weighted by Crippen LogP contribution is -2.26. The molecule has 4 heteroatoms. The van der Waals surface area contributed by atoms with Crippen LogP contribution in [0.1, 0.15) is 71.1 Å². The second-order valence-corrected chi connectivity index (χ2v) is 5.53. The lowest BCUT2D eigenvalue weighted by molar-refractivity contribution is 0.261. The maximum atomic E-state index is 10.8. The van der Waals surface area contributed by atoms with Gasteiger partial charge in [0.25, 0.3) is 5.24 Å². The molecule has 0 unspecified atom stereocenters. The summed E-state index contributed by atoms with van der Waals surface area (Å²) < 4.78 is 0. The molecule has 0 saturated carbocycles. The van der Waals surface area contributed by atoms with Gasteiger partial charge in [-0.15, -0.1) is 0 Å². The van der Waals surface area contributed by atoms with Gasteiger partial charge in [0.1, 0.15) is 0 Å². The zero-order chi connectivity index (χ0) is 12.8. The second kappa shape index (κ2) is 13.8. The normalized spacial score (nSPS) is 10.5. The molecule has 0 aromatic rings. The number of hydrogen-bond donors (Lipinski definition) is 2. The highest BCUT2D eigenvalue weighted by molar-refractivity contribution is 8.13. The number of carbonyl (C=O) groups excluding carboxylic acids is 1. The third kappa shape index (κ3) is 13.7. The number of hydrazine groups is 1. The summed E-state index contributed by atoms with van der Waals surface area (Å²) in [5, 5.41) is -0.124. The minimum Gasteiger partial charge on any atom is -0.285 e. The Morgan fingerprint density at radius 2 is 1.41 bits per heavy atom. The molecule has 0 aromatic carbocycles. The van der Waals surface area contributed by atoms with Gasteiger partial charge in [-0.25, -0.2) is 5.84 Å². The van der Waals surface area contributed by atoms with Crippen LogP contribution in [0.25, 0.3) is 0 Å². The van der Waals surface area contributed by atoms with E-state index in [0.717, 1.165) is 12.2 Å². The molecule has 0 saturated heterocycles. The van der Waals surface area contributed by atoms with Crippen LogP contribution in [0, 0.1) is 0 Å². The van der Waals surface area contributed by atoms with Crippen molar-refractivity contribution in [2.45, 2.75) is 71.1 Å². The van der Waals surface area contributed by atoms with Gasteiger partial charge in [-0.1, -0.05) is 76.5 Å². The van der Waals surface area contributed by atoms with Gasteiger partial charge in [-0.3, -0.25) is 10.2 Å². The monoisotopic (exact) mass is 260 g/mol. The first-order valence-electron chi connectivity index (χ1n) is 6.94. The fraction of sp³-hybridized carbons (Fsp3) is 0.923. The Kier molecular flexibility index (Phi) is 13.7. The van der Waals surface area contributed by atoms with Gasteiger partial charge >= 0.3 is 0 Å². The molecule has 17 heavy (non-hydrogen) atoms. The Bertz CT molecular complexity index is 177. The van der Waals surface area contributed by atoms with Gasteiger partial charge in [-0.05, 0) is 6.42 Å². The Morgan fingerprint density at radius 1 is 0.941 bits per heavy atom. The van der Waals surface area contributed by atoms with E-state index in [0.29, 0.717) is 0 Å².